The molecule has 0 fully saturated rings. The van der Waals surface area contributed by atoms with E-state index in [0.29, 0.717) is 13.1 Å². The van der Waals surface area contributed by atoms with Crippen LogP contribution in [0.3, 0.4) is 0 Å². The molecule has 2 N–H and O–H groups in total. The molecule has 0 radical (unpaired) electrons. The zero-order valence-electron chi connectivity index (χ0n) is 27.3. The van der Waals surface area contributed by atoms with E-state index in [0.717, 1.165) is 37.6 Å². The summed E-state index contributed by atoms with van der Waals surface area (Å²) in [5, 5.41) is 28.9. The second-order valence-corrected chi connectivity index (χ2v) is 15.3. The Bertz CT molecular complexity index is 2560. The number of hydrogen-bond acceptors (Lipinski definition) is 3. The maximum absolute atomic E-state index is 11.9. The van der Waals surface area contributed by atoms with Crippen molar-refractivity contribution < 1.29 is 24.4 Å². The summed E-state index contributed by atoms with van der Waals surface area (Å²) in [4.78, 5) is 26.0. The van der Waals surface area contributed by atoms with Crippen molar-refractivity contribution >= 4 is 91.1 Å². The molecule has 7 heteroatoms. The third kappa shape index (κ3) is 5.04. The number of aliphatic carboxylic acids is 2. The molecule has 6 nitrogen and oxygen atoms in total. The molecule has 6 aromatic carbocycles. The predicted octanol–water partition coefficient (Wildman–Crippen LogP) is 8.44. The minimum atomic E-state index is -0.832. The van der Waals surface area contributed by atoms with Crippen molar-refractivity contribution in [2.75, 3.05) is 11.4 Å². The van der Waals surface area contributed by atoms with Gasteiger partial charge in [0, 0.05) is 0 Å². The van der Waals surface area contributed by atoms with E-state index in [9.17, 15) is 19.8 Å². The van der Waals surface area contributed by atoms with Gasteiger partial charge in [-0.1, -0.05) is 0 Å². The van der Waals surface area contributed by atoms with Gasteiger partial charge in [-0.2, -0.15) is 0 Å². The van der Waals surface area contributed by atoms with Crippen LogP contribution in [-0.4, -0.2) is 43.2 Å². The Labute approximate surface area is 289 Å². The molecule has 1 aromatic heterocycles. The number of rotatable bonds is 8. The van der Waals surface area contributed by atoms with Crippen LogP contribution in [0.2, 0.25) is 0 Å². The first-order valence-corrected chi connectivity index (χ1v) is 18.3. The predicted molar refractivity (Wildman–Crippen MR) is 200 cm³/mol. The Kier molecular flexibility index (Phi) is 7.62. The number of nitrogens with zero attached hydrogens (tertiary/aromatic N) is 2. The van der Waals surface area contributed by atoms with Gasteiger partial charge >= 0.3 is 291 Å². The van der Waals surface area contributed by atoms with Gasteiger partial charge in [-0.3, -0.25) is 0 Å². The van der Waals surface area contributed by atoms with Crippen LogP contribution < -0.4 is 9.47 Å². The van der Waals surface area contributed by atoms with E-state index in [2.05, 4.69) is 139 Å². The van der Waals surface area contributed by atoms with Gasteiger partial charge < -0.3 is 0 Å². The molecule has 2 heterocycles. The zero-order valence-corrected chi connectivity index (χ0v) is 29.0. The van der Waals surface area contributed by atoms with E-state index in [1.165, 1.54) is 36.8 Å². The fraction of sp³-hybridized carbons (Fsp3) is 0.167. The number of benzene rings is 6. The topological polar surface area (TPSA) is 81.7 Å². The number of fused-ring (bicyclic) bond motifs is 12. The molecular weight excluding hydrogens is 675 g/mol. The number of carbonyl (C=O) groups is 2. The number of aryl methyl sites for hydroxylation is 1. The molecule has 0 spiro atoms. The van der Waals surface area contributed by atoms with Gasteiger partial charge in [0.05, 0.1) is 0 Å². The summed E-state index contributed by atoms with van der Waals surface area (Å²) in [6.45, 7) is 5.19. The fourth-order valence-electron chi connectivity index (χ4n) is 7.87. The van der Waals surface area contributed by atoms with Gasteiger partial charge in [-0.05, 0) is 0 Å². The Morgan fingerprint density at radius 2 is 1.22 bits per heavy atom. The molecule has 7 aromatic rings. The van der Waals surface area contributed by atoms with Crippen LogP contribution in [0.25, 0.3) is 58.9 Å². The van der Waals surface area contributed by atoms with Crippen LogP contribution in [0.1, 0.15) is 36.8 Å². The van der Waals surface area contributed by atoms with Gasteiger partial charge in [0.25, 0.3) is 0 Å². The standard InChI is InChI=1S/C42H34N2O4Se/c1-42(2)34(43(24-22-36(45)46)39-31-17-8-4-13-27(31)26-12-3-7-16-30(26)38(39)42)20-11-21-35-44(25-23-37(47)48)40-32-18-9-5-14-28(32)29-15-6-10-19-33(29)41(40)49-35/h3-21H,22-25H2,1-2H3,(H-,45,46,47,48)/p+1. The average Bonchev–Trinajstić information content (AvgIpc) is 3.58. The summed E-state index contributed by atoms with van der Waals surface area (Å²) < 4.78 is 4.59. The van der Waals surface area contributed by atoms with E-state index in [-0.39, 0.29) is 27.3 Å². The van der Waals surface area contributed by atoms with E-state index in [1.54, 1.807) is 0 Å². The Morgan fingerprint density at radius 3 is 1.86 bits per heavy atom. The molecule has 0 saturated carbocycles. The Balaban J connectivity index is 1.33. The number of carboxylic acid groups (broad SMARTS) is 2. The molecule has 1 aliphatic rings. The number of anilines is 1. The van der Waals surface area contributed by atoms with Gasteiger partial charge in [0.15, 0.2) is 0 Å². The van der Waals surface area contributed by atoms with Gasteiger partial charge in [0.1, 0.15) is 0 Å². The van der Waals surface area contributed by atoms with Gasteiger partial charge in [0.2, 0.25) is 0 Å². The van der Waals surface area contributed by atoms with Crippen LogP contribution in [0, 0.1) is 0 Å². The van der Waals surface area contributed by atoms with Crippen LogP contribution in [-0.2, 0) is 21.5 Å². The van der Waals surface area contributed by atoms with Crippen LogP contribution in [0.4, 0.5) is 5.69 Å². The molecule has 0 atom stereocenters. The average molecular weight is 711 g/mol. The second kappa shape index (κ2) is 12.0. The number of hydrogen-bond donors (Lipinski definition) is 2. The molecule has 242 valence electrons. The van der Waals surface area contributed by atoms with E-state index >= 15 is 0 Å². The fourth-order valence-corrected chi connectivity index (χ4v) is 10.5. The molecule has 49 heavy (non-hydrogen) atoms. The van der Waals surface area contributed by atoms with E-state index in [1.807, 2.05) is 0 Å². The molecule has 8 rings (SSSR count). The van der Waals surface area contributed by atoms with Crippen molar-refractivity contribution in [2.24, 2.45) is 0 Å². The second-order valence-electron chi connectivity index (χ2n) is 13.2. The van der Waals surface area contributed by atoms with Crippen molar-refractivity contribution in [3.63, 3.8) is 0 Å². The number of allylic oxidation sites excluding steroid dienone is 3. The number of aromatic nitrogens is 1. The van der Waals surface area contributed by atoms with Crippen LogP contribution >= 0.6 is 0 Å². The van der Waals surface area contributed by atoms with Crippen molar-refractivity contribution in [1.29, 1.82) is 0 Å². The van der Waals surface area contributed by atoms with Crippen molar-refractivity contribution in [3.05, 3.63) is 125 Å². The molecule has 0 bridgehead atoms. The molecule has 0 amide bonds. The summed E-state index contributed by atoms with van der Waals surface area (Å²) in [7, 11) is 0. The first-order chi connectivity index (χ1) is 23.8. The maximum atomic E-state index is 11.9. The van der Waals surface area contributed by atoms with E-state index in [4.69, 9.17) is 0 Å². The van der Waals surface area contributed by atoms with Crippen LogP contribution in [0.15, 0.2) is 115 Å². The monoisotopic (exact) mass is 711 g/mol. The summed E-state index contributed by atoms with van der Waals surface area (Å²) in [6.07, 6.45) is 6.41. The van der Waals surface area contributed by atoms with Crippen molar-refractivity contribution in [2.45, 2.75) is 38.6 Å². The molecule has 0 aliphatic carbocycles. The normalized spacial score (nSPS) is 15.1. The quantitative estimate of drug-likeness (QED) is 0.0941. The summed E-state index contributed by atoms with van der Waals surface area (Å²) in [5.41, 5.74) is 4.02. The van der Waals surface area contributed by atoms with Gasteiger partial charge in [-0.25, -0.2) is 0 Å². The molecule has 0 unspecified atom stereocenters. The third-order valence-electron chi connectivity index (χ3n) is 9.92. The van der Waals surface area contributed by atoms with E-state index < -0.39 is 17.4 Å². The van der Waals surface area contributed by atoms with Crippen molar-refractivity contribution in [3.8, 4) is 0 Å². The SMILES string of the molecule is CC1(C)C(=CC=Cc2[se]c3c4ccccc4c4ccccc4c3[n+]2CCC(=O)O)N(CCC(=O)O)c2c1c1ccccc1c1ccccc21. The Hall–Kier alpha value is -5.23. The summed E-state index contributed by atoms with van der Waals surface area (Å²) in [6, 6.07) is 33.8. The molecular formula is C42H35N2O4Se+. The molecule has 1 aliphatic heterocycles. The van der Waals surface area contributed by atoms with Gasteiger partial charge in [-0.15, -0.1) is 0 Å². The minimum absolute atomic E-state index is 0.0106. The number of carboxylic acids is 2. The summed E-state index contributed by atoms with van der Waals surface area (Å²) in [5.74, 6) is -1.66. The first-order valence-electron chi connectivity index (χ1n) is 16.6. The summed E-state index contributed by atoms with van der Waals surface area (Å²) >= 11 is -0.0595. The van der Waals surface area contributed by atoms with Crippen LogP contribution in [0.5, 0.6) is 0 Å². The van der Waals surface area contributed by atoms with Crippen molar-refractivity contribution in [1.82, 2.24) is 0 Å². The zero-order chi connectivity index (χ0) is 33.9. The molecule has 0 saturated heterocycles. The third-order valence-corrected chi connectivity index (χ3v) is 12.4. The Morgan fingerprint density at radius 1 is 0.714 bits per heavy atom. The first kappa shape index (κ1) is 31.1.